The summed E-state index contributed by atoms with van der Waals surface area (Å²) in [7, 11) is 0. The number of imide groups is 1. The lowest BCUT2D eigenvalue weighted by Gasteiger charge is -2.14. The minimum Gasteiger partial charge on any atom is -0.489 e. The van der Waals surface area contributed by atoms with E-state index in [9.17, 15) is 14.0 Å². The van der Waals surface area contributed by atoms with Gasteiger partial charge in [0.2, 0.25) is 0 Å². The van der Waals surface area contributed by atoms with Crippen LogP contribution in [0.25, 0.3) is 6.08 Å². The van der Waals surface area contributed by atoms with Gasteiger partial charge in [0.05, 0.1) is 11.4 Å². The molecule has 4 nitrogen and oxygen atoms in total. The van der Waals surface area contributed by atoms with Gasteiger partial charge in [0.1, 0.15) is 18.2 Å². The van der Waals surface area contributed by atoms with Crippen LogP contribution in [0, 0.1) is 5.82 Å². The molecule has 2 aromatic carbocycles. The molecule has 2 aromatic rings. The summed E-state index contributed by atoms with van der Waals surface area (Å²) < 4.78 is 19.6. The first kappa shape index (κ1) is 19.2. The molecule has 0 aromatic heterocycles. The normalized spacial score (nSPS) is 15.5. The fraction of sp³-hybridized carbons (Fsp3) is 0.100. The van der Waals surface area contributed by atoms with E-state index in [1.165, 1.54) is 18.2 Å². The maximum absolute atomic E-state index is 14.0. The van der Waals surface area contributed by atoms with Gasteiger partial charge in [0, 0.05) is 16.1 Å². The van der Waals surface area contributed by atoms with Gasteiger partial charge in [0.25, 0.3) is 11.1 Å². The van der Waals surface area contributed by atoms with E-state index in [1.54, 1.807) is 30.4 Å². The Balaban J connectivity index is 1.86. The molecule has 1 saturated heterocycles. The van der Waals surface area contributed by atoms with E-state index in [1.807, 2.05) is 6.07 Å². The predicted molar refractivity (Wildman–Crippen MR) is 105 cm³/mol. The summed E-state index contributed by atoms with van der Waals surface area (Å²) >= 11 is 6.80. The van der Waals surface area contributed by atoms with E-state index in [0.717, 1.165) is 16.7 Å². The molecule has 27 heavy (non-hydrogen) atoms. The predicted octanol–water partition coefficient (Wildman–Crippen LogP) is 5.28. The van der Waals surface area contributed by atoms with Crippen molar-refractivity contribution in [1.29, 1.82) is 0 Å². The lowest BCUT2D eigenvalue weighted by Crippen LogP contribution is -2.28. The highest BCUT2D eigenvalue weighted by atomic mass is 35.5. The molecule has 0 bridgehead atoms. The Morgan fingerprint density at radius 3 is 2.70 bits per heavy atom. The third-order valence-electron chi connectivity index (χ3n) is 3.81. The second-order valence-electron chi connectivity index (χ2n) is 5.61. The Hall–Kier alpha value is -2.57. The zero-order chi connectivity index (χ0) is 19.4. The van der Waals surface area contributed by atoms with Crippen molar-refractivity contribution >= 4 is 40.6 Å². The molecule has 0 saturated carbocycles. The van der Waals surface area contributed by atoms with Gasteiger partial charge >= 0.3 is 0 Å². The standard InChI is InChI=1S/C20H15ClFNO3S/c1-2-10-26-17-9-4-3-6-13(17)11-18-19(24)23(20(25)27-18)12-14-15(21)7-5-8-16(14)22/h2-9,11H,1,10,12H2/b18-11-. The fourth-order valence-corrected chi connectivity index (χ4v) is 3.55. The van der Waals surface area contributed by atoms with E-state index in [0.29, 0.717) is 17.9 Å². The largest absolute Gasteiger partial charge is 0.489 e. The summed E-state index contributed by atoms with van der Waals surface area (Å²) in [5, 5.41) is -0.309. The highest BCUT2D eigenvalue weighted by Gasteiger charge is 2.36. The molecular weight excluding hydrogens is 389 g/mol. The molecule has 0 atom stereocenters. The molecule has 0 N–H and O–H groups in total. The van der Waals surface area contributed by atoms with Crippen LogP contribution in [-0.2, 0) is 11.3 Å². The molecule has 0 unspecified atom stereocenters. The Morgan fingerprint density at radius 2 is 1.96 bits per heavy atom. The number of ether oxygens (including phenoxy) is 1. The minimum atomic E-state index is -0.561. The van der Waals surface area contributed by atoms with Crippen LogP contribution < -0.4 is 4.74 Å². The van der Waals surface area contributed by atoms with Crippen molar-refractivity contribution in [1.82, 2.24) is 4.90 Å². The highest BCUT2D eigenvalue weighted by Crippen LogP contribution is 2.35. The van der Waals surface area contributed by atoms with E-state index in [-0.39, 0.29) is 22.0 Å². The molecule has 1 aliphatic rings. The first-order valence-corrected chi connectivity index (χ1v) is 9.21. The summed E-state index contributed by atoms with van der Waals surface area (Å²) in [6.07, 6.45) is 3.20. The SMILES string of the molecule is C=CCOc1ccccc1/C=C1\SC(=O)N(Cc2c(F)cccc2Cl)C1=O. The molecule has 3 rings (SSSR count). The quantitative estimate of drug-likeness (QED) is 0.486. The van der Waals surface area contributed by atoms with Crippen molar-refractivity contribution in [3.8, 4) is 5.75 Å². The maximum Gasteiger partial charge on any atom is 0.293 e. The number of carbonyl (C=O) groups is 2. The van der Waals surface area contributed by atoms with E-state index in [2.05, 4.69) is 6.58 Å². The van der Waals surface area contributed by atoms with Crippen LogP contribution in [0.4, 0.5) is 9.18 Å². The average Bonchev–Trinajstić information content (AvgIpc) is 2.91. The molecule has 0 spiro atoms. The first-order valence-electron chi connectivity index (χ1n) is 8.02. The zero-order valence-electron chi connectivity index (χ0n) is 14.2. The number of benzene rings is 2. The van der Waals surface area contributed by atoms with Crippen LogP contribution in [0.5, 0.6) is 5.75 Å². The van der Waals surface area contributed by atoms with Gasteiger partial charge in [-0.05, 0) is 36.0 Å². The highest BCUT2D eigenvalue weighted by molar-refractivity contribution is 8.18. The van der Waals surface area contributed by atoms with Gasteiger partial charge in [-0.25, -0.2) is 4.39 Å². The van der Waals surface area contributed by atoms with Crippen molar-refractivity contribution < 1.29 is 18.7 Å². The van der Waals surface area contributed by atoms with E-state index < -0.39 is 17.0 Å². The Bertz CT molecular complexity index is 924. The molecule has 0 radical (unpaired) electrons. The van der Waals surface area contributed by atoms with E-state index in [4.69, 9.17) is 16.3 Å². The molecule has 0 aliphatic carbocycles. The van der Waals surface area contributed by atoms with Gasteiger partial charge in [-0.2, -0.15) is 0 Å². The van der Waals surface area contributed by atoms with Crippen molar-refractivity contribution in [2.75, 3.05) is 6.61 Å². The third kappa shape index (κ3) is 4.23. The lowest BCUT2D eigenvalue weighted by atomic mass is 10.1. The Morgan fingerprint density at radius 1 is 1.19 bits per heavy atom. The van der Waals surface area contributed by atoms with Crippen LogP contribution in [-0.4, -0.2) is 22.7 Å². The summed E-state index contributed by atoms with van der Waals surface area (Å²) in [6, 6.07) is 11.4. The van der Waals surface area contributed by atoms with Crippen LogP contribution in [0.15, 0.2) is 60.0 Å². The van der Waals surface area contributed by atoms with Crippen molar-refractivity contribution in [2.24, 2.45) is 0 Å². The first-order chi connectivity index (χ1) is 13.0. The number of thioether (sulfide) groups is 1. The van der Waals surface area contributed by atoms with Gasteiger partial charge in [0.15, 0.2) is 0 Å². The monoisotopic (exact) mass is 403 g/mol. The molecule has 1 aliphatic heterocycles. The number of para-hydroxylation sites is 1. The smallest absolute Gasteiger partial charge is 0.293 e. The summed E-state index contributed by atoms with van der Waals surface area (Å²) in [5.74, 6) is -0.488. The molecule has 2 amide bonds. The molecule has 138 valence electrons. The maximum atomic E-state index is 14.0. The molecule has 1 fully saturated rings. The number of hydrogen-bond donors (Lipinski definition) is 0. The second kappa shape index (κ2) is 8.41. The number of halogens is 2. The van der Waals surface area contributed by atoms with Crippen LogP contribution in [0.2, 0.25) is 5.02 Å². The number of nitrogens with zero attached hydrogens (tertiary/aromatic N) is 1. The number of amides is 2. The van der Waals surface area contributed by atoms with Crippen molar-refractivity contribution in [3.63, 3.8) is 0 Å². The zero-order valence-corrected chi connectivity index (χ0v) is 15.7. The van der Waals surface area contributed by atoms with Crippen molar-refractivity contribution in [3.05, 3.63) is 82.0 Å². The Kier molecular flexibility index (Phi) is 5.98. The number of rotatable bonds is 6. The second-order valence-corrected chi connectivity index (χ2v) is 7.01. The number of hydrogen-bond acceptors (Lipinski definition) is 4. The van der Waals surface area contributed by atoms with Crippen molar-refractivity contribution in [2.45, 2.75) is 6.54 Å². The van der Waals surface area contributed by atoms with Gasteiger partial charge < -0.3 is 4.74 Å². The van der Waals surface area contributed by atoms with Gasteiger partial charge in [-0.1, -0.05) is 48.5 Å². The minimum absolute atomic E-state index is 0.109. The molecule has 7 heteroatoms. The number of carbonyl (C=O) groups excluding carboxylic acids is 2. The van der Waals surface area contributed by atoms with E-state index >= 15 is 0 Å². The topological polar surface area (TPSA) is 46.6 Å². The van der Waals surface area contributed by atoms with Crippen LogP contribution in [0.3, 0.4) is 0 Å². The summed E-state index contributed by atoms with van der Waals surface area (Å²) in [4.78, 5) is 26.2. The third-order valence-corrected chi connectivity index (χ3v) is 5.08. The van der Waals surface area contributed by atoms with Crippen LogP contribution in [0.1, 0.15) is 11.1 Å². The summed E-state index contributed by atoms with van der Waals surface area (Å²) in [5.41, 5.74) is 0.770. The Labute approximate surface area is 165 Å². The van der Waals surface area contributed by atoms with Crippen LogP contribution >= 0.6 is 23.4 Å². The van der Waals surface area contributed by atoms with Gasteiger partial charge in [-0.3, -0.25) is 14.5 Å². The molecule has 1 heterocycles. The lowest BCUT2D eigenvalue weighted by molar-refractivity contribution is -0.123. The summed E-state index contributed by atoms with van der Waals surface area (Å²) in [6.45, 7) is 3.70. The average molecular weight is 404 g/mol. The van der Waals surface area contributed by atoms with Gasteiger partial charge in [-0.15, -0.1) is 0 Å². The fourth-order valence-electron chi connectivity index (χ4n) is 2.50. The molecular formula is C20H15ClFNO3S.